The van der Waals surface area contributed by atoms with Crippen LogP contribution in [0.5, 0.6) is 5.75 Å². The number of benzene rings is 2. The molecule has 31 heavy (non-hydrogen) atoms. The lowest BCUT2D eigenvalue weighted by Crippen LogP contribution is -2.48. The summed E-state index contributed by atoms with van der Waals surface area (Å²) in [7, 11) is 0. The van der Waals surface area contributed by atoms with Crippen molar-refractivity contribution in [2.75, 3.05) is 13.2 Å². The van der Waals surface area contributed by atoms with Crippen LogP contribution in [0.3, 0.4) is 0 Å². The minimum Gasteiger partial charge on any atom is -0.489 e. The molecule has 0 saturated carbocycles. The van der Waals surface area contributed by atoms with Gasteiger partial charge in [-0.1, -0.05) is 18.2 Å². The van der Waals surface area contributed by atoms with Crippen LogP contribution in [0.1, 0.15) is 28.0 Å². The quantitative estimate of drug-likeness (QED) is 0.635. The number of ether oxygens (including phenoxy) is 2. The van der Waals surface area contributed by atoms with E-state index in [2.05, 4.69) is 10.3 Å². The van der Waals surface area contributed by atoms with E-state index in [1.54, 1.807) is 24.3 Å². The van der Waals surface area contributed by atoms with E-state index in [1.807, 2.05) is 37.3 Å². The first-order chi connectivity index (χ1) is 15.0. The standard InChI is InChI=1S/C24H24N2O5/c1-15-12-17(19-4-2-3-5-21(19)25-15)13-31-18-8-6-16(7-9-18)23(27)26-22-10-11-30-14-20(22)24(28)29/h2-9,12,20,22H,10-11,13-14H2,1H3,(H,26,27)(H,28,29). The molecule has 1 saturated heterocycles. The number of carbonyl (C=O) groups is 2. The van der Waals surface area contributed by atoms with Crippen LogP contribution < -0.4 is 10.1 Å². The van der Waals surface area contributed by atoms with E-state index in [9.17, 15) is 14.7 Å². The Balaban J connectivity index is 1.41. The third-order valence-electron chi connectivity index (χ3n) is 5.43. The molecule has 0 spiro atoms. The first-order valence-corrected chi connectivity index (χ1v) is 10.2. The van der Waals surface area contributed by atoms with Gasteiger partial charge in [-0.2, -0.15) is 0 Å². The zero-order chi connectivity index (χ0) is 21.8. The highest BCUT2D eigenvalue weighted by Gasteiger charge is 2.32. The summed E-state index contributed by atoms with van der Waals surface area (Å²) in [6.45, 7) is 2.88. The summed E-state index contributed by atoms with van der Waals surface area (Å²) >= 11 is 0. The van der Waals surface area contributed by atoms with E-state index in [1.165, 1.54) is 0 Å². The minimum absolute atomic E-state index is 0.107. The van der Waals surface area contributed by atoms with Crippen LogP contribution in [0.15, 0.2) is 54.6 Å². The molecule has 1 aromatic heterocycles. The van der Waals surface area contributed by atoms with Crippen molar-refractivity contribution in [2.45, 2.75) is 26.0 Å². The first kappa shape index (κ1) is 20.8. The number of aryl methyl sites for hydroxylation is 1. The van der Waals surface area contributed by atoms with Crippen LogP contribution in [0, 0.1) is 12.8 Å². The Morgan fingerprint density at radius 1 is 1.19 bits per heavy atom. The lowest BCUT2D eigenvalue weighted by Gasteiger charge is -2.29. The van der Waals surface area contributed by atoms with Crippen molar-refractivity contribution in [3.05, 3.63) is 71.4 Å². The van der Waals surface area contributed by atoms with Crippen molar-refractivity contribution in [1.82, 2.24) is 10.3 Å². The second kappa shape index (κ2) is 9.14. The molecule has 0 bridgehead atoms. The van der Waals surface area contributed by atoms with E-state index in [0.717, 1.165) is 22.2 Å². The van der Waals surface area contributed by atoms with Crippen LogP contribution in [0.2, 0.25) is 0 Å². The van der Waals surface area contributed by atoms with Gasteiger partial charge in [0.1, 0.15) is 18.3 Å². The second-order valence-corrected chi connectivity index (χ2v) is 7.64. The van der Waals surface area contributed by atoms with Gasteiger partial charge in [0, 0.05) is 34.9 Å². The predicted molar refractivity (Wildman–Crippen MR) is 115 cm³/mol. The molecule has 7 heteroatoms. The Kier molecular flexibility index (Phi) is 6.13. The van der Waals surface area contributed by atoms with Crippen molar-refractivity contribution >= 4 is 22.8 Å². The van der Waals surface area contributed by atoms with E-state index in [-0.39, 0.29) is 12.5 Å². The molecular formula is C24H24N2O5. The number of hydrogen-bond donors (Lipinski definition) is 2. The Bertz CT molecular complexity index is 1100. The van der Waals surface area contributed by atoms with Gasteiger partial charge in [0.15, 0.2) is 0 Å². The Labute approximate surface area is 180 Å². The van der Waals surface area contributed by atoms with Crippen LogP contribution >= 0.6 is 0 Å². The van der Waals surface area contributed by atoms with Crippen molar-refractivity contribution in [2.24, 2.45) is 5.92 Å². The van der Waals surface area contributed by atoms with E-state index in [0.29, 0.717) is 30.9 Å². The normalized spacial score (nSPS) is 18.5. The van der Waals surface area contributed by atoms with Gasteiger partial charge in [-0.05, 0) is 49.7 Å². The zero-order valence-corrected chi connectivity index (χ0v) is 17.2. The molecule has 1 aliphatic heterocycles. The maximum atomic E-state index is 12.6. The molecule has 1 fully saturated rings. The molecule has 1 aliphatic rings. The third-order valence-corrected chi connectivity index (χ3v) is 5.43. The predicted octanol–water partition coefficient (Wildman–Crippen LogP) is 3.34. The van der Waals surface area contributed by atoms with Crippen LogP contribution in [0.25, 0.3) is 10.9 Å². The number of para-hydroxylation sites is 1. The topological polar surface area (TPSA) is 97.8 Å². The number of rotatable bonds is 6. The molecule has 4 rings (SSSR count). The average molecular weight is 420 g/mol. The van der Waals surface area contributed by atoms with Gasteiger partial charge in [-0.25, -0.2) is 0 Å². The molecular weight excluding hydrogens is 396 g/mol. The summed E-state index contributed by atoms with van der Waals surface area (Å²) in [6, 6.07) is 16.3. The number of carbonyl (C=O) groups excluding carboxylic acids is 1. The van der Waals surface area contributed by atoms with Crippen LogP contribution in [-0.4, -0.2) is 41.2 Å². The summed E-state index contributed by atoms with van der Waals surface area (Å²) < 4.78 is 11.2. The summed E-state index contributed by atoms with van der Waals surface area (Å²) in [5.41, 5.74) is 3.36. The lowest BCUT2D eigenvalue weighted by molar-refractivity contribution is -0.147. The molecule has 2 unspecified atom stereocenters. The zero-order valence-electron chi connectivity index (χ0n) is 17.2. The molecule has 2 atom stereocenters. The molecule has 2 heterocycles. The molecule has 2 N–H and O–H groups in total. The van der Waals surface area contributed by atoms with Gasteiger partial charge >= 0.3 is 5.97 Å². The van der Waals surface area contributed by atoms with E-state index >= 15 is 0 Å². The fraction of sp³-hybridized carbons (Fsp3) is 0.292. The van der Waals surface area contributed by atoms with Gasteiger partial charge < -0.3 is 19.9 Å². The Hall–Kier alpha value is -3.45. The van der Waals surface area contributed by atoms with E-state index in [4.69, 9.17) is 9.47 Å². The summed E-state index contributed by atoms with van der Waals surface area (Å²) in [4.78, 5) is 28.5. The van der Waals surface area contributed by atoms with Crippen molar-refractivity contribution in [3.8, 4) is 5.75 Å². The molecule has 0 aliphatic carbocycles. The second-order valence-electron chi connectivity index (χ2n) is 7.64. The first-order valence-electron chi connectivity index (χ1n) is 10.2. The average Bonchev–Trinajstić information content (AvgIpc) is 2.78. The number of nitrogens with one attached hydrogen (secondary N) is 1. The summed E-state index contributed by atoms with van der Waals surface area (Å²) in [6.07, 6.45) is 0.475. The monoisotopic (exact) mass is 420 g/mol. The maximum Gasteiger partial charge on any atom is 0.310 e. The molecule has 160 valence electrons. The maximum absolute atomic E-state index is 12.6. The van der Waals surface area contributed by atoms with Crippen LogP contribution in [-0.2, 0) is 16.1 Å². The van der Waals surface area contributed by atoms with Gasteiger partial charge in [0.2, 0.25) is 0 Å². The summed E-state index contributed by atoms with van der Waals surface area (Å²) in [5.74, 6) is -1.36. The van der Waals surface area contributed by atoms with Gasteiger partial charge in [0.05, 0.1) is 12.1 Å². The number of pyridine rings is 1. The molecule has 7 nitrogen and oxygen atoms in total. The molecule has 2 aromatic carbocycles. The number of amides is 1. The molecule has 1 amide bonds. The highest BCUT2D eigenvalue weighted by Crippen LogP contribution is 2.21. The van der Waals surface area contributed by atoms with Crippen molar-refractivity contribution < 1.29 is 24.2 Å². The highest BCUT2D eigenvalue weighted by atomic mass is 16.5. The van der Waals surface area contributed by atoms with Gasteiger partial charge in [0.25, 0.3) is 5.91 Å². The van der Waals surface area contributed by atoms with Crippen molar-refractivity contribution in [3.63, 3.8) is 0 Å². The molecule has 3 aromatic rings. The van der Waals surface area contributed by atoms with Crippen LogP contribution in [0.4, 0.5) is 0 Å². The van der Waals surface area contributed by atoms with Gasteiger partial charge in [-0.3, -0.25) is 14.6 Å². The van der Waals surface area contributed by atoms with Crippen molar-refractivity contribution in [1.29, 1.82) is 0 Å². The number of aromatic nitrogens is 1. The summed E-state index contributed by atoms with van der Waals surface area (Å²) in [5, 5.41) is 13.2. The van der Waals surface area contributed by atoms with E-state index < -0.39 is 17.9 Å². The van der Waals surface area contributed by atoms with Gasteiger partial charge in [-0.15, -0.1) is 0 Å². The molecule has 0 radical (unpaired) electrons. The largest absolute Gasteiger partial charge is 0.489 e. The fourth-order valence-corrected chi connectivity index (χ4v) is 3.78. The minimum atomic E-state index is -0.965. The lowest BCUT2D eigenvalue weighted by atomic mass is 9.95. The third kappa shape index (κ3) is 4.83. The fourth-order valence-electron chi connectivity index (χ4n) is 3.78. The Morgan fingerprint density at radius 2 is 1.97 bits per heavy atom. The SMILES string of the molecule is Cc1cc(COc2ccc(C(=O)NC3CCOCC3C(=O)O)cc2)c2ccccc2n1. The number of nitrogens with zero attached hydrogens (tertiary/aromatic N) is 1. The number of aliphatic carboxylic acids is 1. The number of fused-ring (bicyclic) bond motifs is 1. The highest BCUT2D eigenvalue weighted by molar-refractivity contribution is 5.94. The smallest absolute Gasteiger partial charge is 0.310 e. The number of carboxylic acids is 1. The number of hydrogen-bond acceptors (Lipinski definition) is 5. The number of carboxylic acid groups (broad SMARTS) is 1. The Morgan fingerprint density at radius 3 is 2.74 bits per heavy atom.